The molecule has 0 radical (unpaired) electrons. The van der Waals surface area contributed by atoms with Crippen LogP contribution in [-0.2, 0) is 0 Å². The van der Waals surface area contributed by atoms with E-state index in [-0.39, 0.29) is 12.3 Å². The molecule has 0 spiro atoms. The maximum absolute atomic E-state index is 6.13. The highest BCUT2D eigenvalue weighted by atomic mass is 16.5. The Bertz CT molecular complexity index is 797. The van der Waals surface area contributed by atoms with Gasteiger partial charge in [0, 0.05) is 5.56 Å². The van der Waals surface area contributed by atoms with E-state index in [4.69, 9.17) is 4.74 Å². The predicted octanol–water partition coefficient (Wildman–Crippen LogP) is 4.65. The van der Waals surface area contributed by atoms with E-state index in [0.29, 0.717) is 0 Å². The molecule has 4 rings (SSSR count). The number of hydrogen-bond donors (Lipinski definition) is 1. The van der Waals surface area contributed by atoms with Crippen LogP contribution in [0.3, 0.4) is 0 Å². The SMILES string of the molecule is CC[C@@H]1N[C@@H](c2ccccc2)c2c(ccc3ccccc23)O1. The summed E-state index contributed by atoms with van der Waals surface area (Å²) in [6.45, 7) is 2.14. The first-order valence-corrected chi connectivity index (χ1v) is 7.86. The van der Waals surface area contributed by atoms with Gasteiger partial charge < -0.3 is 4.74 Å². The molecule has 0 amide bonds. The van der Waals surface area contributed by atoms with Crippen LogP contribution in [0.25, 0.3) is 10.8 Å². The van der Waals surface area contributed by atoms with E-state index in [1.165, 1.54) is 21.9 Å². The zero-order valence-corrected chi connectivity index (χ0v) is 12.6. The maximum atomic E-state index is 6.13. The minimum Gasteiger partial charge on any atom is -0.475 e. The van der Waals surface area contributed by atoms with Crippen molar-refractivity contribution in [1.82, 2.24) is 5.32 Å². The predicted molar refractivity (Wildman–Crippen MR) is 90.1 cm³/mol. The van der Waals surface area contributed by atoms with E-state index >= 15 is 0 Å². The molecule has 110 valence electrons. The van der Waals surface area contributed by atoms with Crippen LogP contribution >= 0.6 is 0 Å². The number of rotatable bonds is 2. The van der Waals surface area contributed by atoms with Crippen LogP contribution in [0.2, 0.25) is 0 Å². The standard InChI is InChI=1S/C20H19NO/c1-2-18-21-20(15-9-4-3-5-10-15)19-16-11-7-6-8-14(16)12-13-17(19)22-18/h3-13,18,20-21H,2H2,1H3/t18-,20+/m1/s1. The van der Waals surface area contributed by atoms with Crippen LogP contribution in [0.4, 0.5) is 0 Å². The van der Waals surface area contributed by atoms with E-state index in [1.54, 1.807) is 0 Å². The van der Waals surface area contributed by atoms with Crippen LogP contribution in [0.5, 0.6) is 5.75 Å². The molecule has 0 fully saturated rings. The zero-order chi connectivity index (χ0) is 14.9. The van der Waals surface area contributed by atoms with Crippen LogP contribution in [0, 0.1) is 0 Å². The fraction of sp³-hybridized carbons (Fsp3) is 0.200. The van der Waals surface area contributed by atoms with Gasteiger partial charge in [-0.15, -0.1) is 0 Å². The van der Waals surface area contributed by atoms with Crippen LogP contribution < -0.4 is 10.1 Å². The lowest BCUT2D eigenvalue weighted by atomic mass is 9.91. The number of nitrogens with one attached hydrogen (secondary N) is 1. The minimum absolute atomic E-state index is 0.0545. The Morgan fingerprint density at radius 1 is 0.909 bits per heavy atom. The van der Waals surface area contributed by atoms with Crippen molar-refractivity contribution in [2.24, 2.45) is 0 Å². The number of benzene rings is 3. The second kappa shape index (κ2) is 5.47. The highest BCUT2D eigenvalue weighted by Crippen LogP contribution is 2.39. The summed E-state index contributed by atoms with van der Waals surface area (Å²) < 4.78 is 6.13. The summed E-state index contributed by atoms with van der Waals surface area (Å²) in [7, 11) is 0. The first-order chi connectivity index (χ1) is 10.9. The van der Waals surface area contributed by atoms with Gasteiger partial charge in [0.1, 0.15) is 5.75 Å². The highest BCUT2D eigenvalue weighted by molar-refractivity contribution is 5.89. The molecule has 1 aliphatic rings. The van der Waals surface area contributed by atoms with Gasteiger partial charge in [-0.05, 0) is 28.8 Å². The van der Waals surface area contributed by atoms with Gasteiger partial charge in [0.15, 0.2) is 6.23 Å². The van der Waals surface area contributed by atoms with Crippen molar-refractivity contribution in [2.45, 2.75) is 25.6 Å². The number of fused-ring (bicyclic) bond motifs is 3. The third-order valence-corrected chi connectivity index (χ3v) is 4.34. The van der Waals surface area contributed by atoms with E-state index in [2.05, 4.69) is 79.0 Å². The quantitative estimate of drug-likeness (QED) is 0.741. The van der Waals surface area contributed by atoms with Crippen molar-refractivity contribution in [3.63, 3.8) is 0 Å². The third kappa shape index (κ3) is 2.16. The third-order valence-electron chi connectivity index (χ3n) is 4.34. The topological polar surface area (TPSA) is 21.3 Å². The summed E-state index contributed by atoms with van der Waals surface area (Å²) in [4.78, 5) is 0. The lowest BCUT2D eigenvalue weighted by molar-refractivity contribution is 0.128. The van der Waals surface area contributed by atoms with Gasteiger partial charge >= 0.3 is 0 Å². The second-order valence-corrected chi connectivity index (χ2v) is 5.72. The molecule has 1 heterocycles. The monoisotopic (exact) mass is 289 g/mol. The van der Waals surface area contributed by atoms with Gasteiger partial charge in [-0.2, -0.15) is 0 Å². The average molecular weight is 289 g/mol. The summed E-state index contributed by atoms with van der Waals surface area (Å²) in [6.07, 6.45) is 0.995. The van der Waals surface area contributed by atoms with Crippen molar-refractivity contribution >= 4 is 10.8 Å². The highest BCUT2D eigenvalue weighted by Gasteiger charge is 2.29. The molecule has 0 aromatic heterocycles. The maximum Gasteiger partial charge on any atom is 0.150 e. The molecular formula is C20H19NO. The van der Waals surface area contributed by atoms with Crippen molar-refractivity contribution < 1.29 is 4.74 Å². The number of ether oxygens (including phenoxy) is 1. The minimum atomic E-state index is 0.0545. The molecule has 2 heteroatoms. The average Bonchev–Trinajstić information content (AvgIpc) is 2.61. The Hall–Kier alpha value is -2.32. The summed E-state index contributed by atoms with van der Waals surface area (Å²) in [6, 6.07) is 23.6. The molecule has 0 bridgehead atoms. The van der Waals surface area contributed by atoms with E-state index in [1.807, 2.05) is 0 Å². The van der Waals surface area contributed by atoms with Gasteiger partial charge in [-0.1, -0.05) is 67.6 Å². The van der Waals surface area contributed by atoms with Crippen LogP contribution in [0.1, 0.15) is 30.5 Å². The molecular weight excluding hydrogens is 270 g/mol. The Balaban J connectivity index is 1.95. The van der Waals surface area contributed by atoms with Crippen molar-refractivity contribution in [3.05, 3.63) is 77.9 Å². The first-order valence-electron chi connectivity index (χ1n) is 7.86. The molecule has 3 aromatic carbocycles. The molecule has 2 atom stereocenters. The van der Waals surface area contributed by atoms with Gasteiger partial charge in [0.2, 0.25) is 0 Å². The molecule has 1 aliphatic heterocycles. The van der Waals surface area contributed by atoms with Gasteiger partial charge in [0.05, 0.1) is 6.04 Å². The molecule has 0 saturated heterocycles. The Morgan fingerprint density at radius 3 is 2.50 bits per heavy atom. The molecule has 1 N–H and O–H groups in total. The molecule has 2 nitrogen and oxygen atoms in total. The van der Waals surface area contributed by atoms with E-state index < -0.39 is 0 Å². The van der Waals surface area contributed by atoms with Gasteiger partial charge in [-0.3, -0.25) is 5.32 Å². The van der Waals surface area contributed by atoms with Crippen LogP contribution in [0.15, 0.2) is 66.7 Å². The normalized spacial score (nSPS) is 20.4. The van der Waals surface area contributed by atoms with Gasteiger partial charge in [0.25, 0.3) is 0 Å². The Morgan fingerprint density at radius 2 is 1.68 bits per heavy atom. The smallest absolute Gasteiger partial charge is 0.150 e. The number of hydrogen-bond acceptors (Lipinski definition) is 2. The molecule has 0 aliphatic carbocycles. The van der Waals surface area contributed by atoms with Crippen molar-refractivity contribution in [3.8, 4) is 5.75 Å². The summed E-state index contributed by atoms with van der Waals surface area (Å²) in [5.74, 6) is 0.998. The van der Waals surface area contributed by atoms with Crippen LogP contribution in [-0.4, -0.2) is 6.23 Å². The lowest BCUT2D eigenvalue weighted by Crippen LogP contribution is -2.41. The second-order valence-electron chi connectivity index (χ2n) is 5.72. The summed E-state index contributed by atoms with van der Waals surface area (Å²) in [5.41, 5.74) is 2.52. The lowest BCUT2D eigenvalue weighted by Gasteiger charge is -2.34. The van der Waals surface area contributed by atoms with E-state index in [9.17, 15) is 0 Å². The van der Waals surface area contributed by atoms with Crippen molar-refractivity contribution in [2.75, 3.05) is 0 Å². The molecule has 3 aromatic rings. The largest absolute Gasteiger partial charge is 0.475 e. The Kier molecular flexibility index (Phi) is 3.32. The Labute approximate surface area is 130 Å². The van der Waals surface area contributed by atoms with E-state index in [0.717, 1.165) is 12.2 Å². The van der Waals surface area contributed by atoms with Crippen molar-refractivity contribution in [1.29, 1.82) is 0 Å². The molecule has 0 unspecified atom stereocenters. The first kappa shape index (κ1) is 13.4. The summed E-state index contributed by atoms with van der Waals surface area (Å²) >= 11 is 0. The summed E-state index contributed by atoms with van der Waals surface area (Å²) in [5, 5.41) is 6.16. The van der Waals surface area contributed by atoms with Gasteiger partial charge in [-0.25, -0.2) is 0 Å². The molecule has 0 saturated carbocycles. The zero-order valence-electron chi connectivity index (χ0n) is 12.6. The molecule has 22 heavy (non-hydrogen) atoms. The fourth-order valence-corrected chi connectivity index (χ4v) is 3.24. The fourth-order valence-electron chi connectivity index (χ4n) is 3.24.